The minimum absolute atomic E-state index is 0.172. The van der Waals surface area contributed by atoms with Gasteiger partial charge in [-0.15, -0.1) is 0 Å². The van der Waals surface area contributed by atoms with Crippen LogP contribution in [0.5, 0.6) is 0 Å². The molecule has 1 amide bonds. The summed E-state index contributed by atoms with van der Waals surface area (Å²) in [5, 5.41) is 8.92. The van der Waals surface area contributed by atoms with Crippen LogP contribution in [0.15, 0.2) is 24.3 Å². The smallest absolute Gasteiger partial charge is 0.335 e. The fraction of sp³-hybridized carbons (Fsp3) is 0.556. The second-order valence-corrected chi connectivity index (χ2v) is 6.24. The van der Waals surface area contributed by atoms with Crippen molar-refractivity contribution in [2.24, 2.45) is 5.41 Å². The molecule has 1 N–H and O–H groups in total. The lowest BCUT2D eigenvalue weighted by molar-refractivity contribution is -0.148. The Morgan fingerprint density at radius 3 is 2.39 bits per heavy atom. The van der Waals surface area contributed by atoms with Gasteiger partial charge in [0.2, 0.25) is 5.91 Å². The summed E-state index contributed by atoms with van der Waals surface area (Å²) in [6.45, 7) is 3.76. The van der Waals surface area contributed by atoms with E-state index in [-0.39, 0.29) is 16.9 Å². The number of ether oxygens (including phenoxy) is 1. The maximum absolute atomic E-state index is 12.8. The minimum atomic E-state index is -0.940. The van der Waals surface area contributed by atoms with Crippen molar-refractivity contribution in [1.29, 1.82) is 0 Å². The van der Waals surface area contributed by atoms with E-state index < -0.39 is 5.97 Å². The number of carboxylic acid groups (broad SMARTS) is 1. The highest BCUT2D eigenvalue weighted by Crippen LogP contribution is 2.45. The number of amides is 1. The summed E-state index contributed by atoms with van der Waals surface area (Å²) in [6, 6.07) is 6.68. The lowest BCUT2D eigenvalue weighted by Gasteiger charge is -2.42. The molecule has 1 saturated carbocycles. The molecule has 0 unspecified atom stereocenters. The first-order valence-corrected chi connectivity index (χ1v) is 8.14. The van der Waals surface area contributed by atoms with E-state index in [0.717, 1.165) is 31.2 Å². The van der Waals surface area contributed by atoms with Crippen LogP contribution < -0.4 is 0 Å². The molecule has 5 heteroatoms. The molecule has 126 valence electrons. The number of carboxylic acids is 1. The largest absolute Gasteiger partial charge is 0.478 e. The number of hydrogen-bond acceptors (Lipinski definition) is 3. The Bertz CT molecular complexity index is 549. The van der Waals surface area contributed by atoms with E-state index in [4.69, 9.17) is 9.84 Å². The van der Waals surface area contributed by atoms with E-state index >= 15 is 0 Å². The Balaban J connectivity index is 1.97. The summed E-state index contributed by atoms with van der Waals surface area (Å²) < 4.78 is 5.42. The summed E-state index contributed by atoms with van der Waals surface area (Å²) in [5.41, 5.74) is 0.935. The Morgan fingerprint density at radius 1 is 1.26 bits per heavy atom. The van der Waals surface area contributed by atoms with Gasteiger partial charge in [0.25, 0.3) is 0 Å². The molecule has 1 fully saturated rings. The number of carbonyl (C=O) groups excluding carboxylic acids is 1. The van der Waals surface area contributed by atoms with Crippen molar-refractivity contribution in [1.82, 2.24) is 4.90 Å². The van der Waals surface area contributed by atoms with Gasteiger partial charge in [-0.3, -0.25) is 4.79 Å². The number of carbonyl (C=O) groups is 2. The van der Waals surface area contributed by atoms with E-state index in [0.29, 0.717) is 19.8 Å². The molecular weight excluding hydrogens is 294 g/mol. The Hall–Kier alpha value is -1.88. The van der Waals surface area contributed by atoms with Crippen LogP contribution in [0.25, 0.3) is 0 Å². The van der Waals surface area contributed by atoms with E-state index in [9.17, 15) is 9.59 Å². The predicted molar refractivity (Wildman–Crippen MR) is 87.3 cm³/mol. The van der Waals surface area contributed by atoms with E-state index in [2.05, 4.69) is 0 Å². The molecule has 23 heavy (non-hydrogen) atoms. The summed E-state index contributed by atoms with van der Waals surface area (Å²) in [7, 11) is 1.81. The van der Waals surface area contributed by atoms with Gasteiger partial charge in [-0.25, -0.2) is 4.79 Å². The average Bonchev–Trinajstić information content (AvgIpc) is 2.50. The van der Waals surface area contributed by atoms with Crippen LogP contribution in [0.3, 0.4) is 0 Å². The first-order valence-electron chi connectivity index (χ1n) is 8.14. The fourth-order valence-corrected chi connectivity index (χ4v) is 3.09. The monoisotopic (exact) mass is 319 g/mol. The molecular formula is C18H25NO4. The number of hydrogen-bond donors (Lipinski definition) is 1. The highest BCUT2D eigenvalue weighted by Gasteiger charge is 2.44. The van der Waals surface area contributed by atoms with Crippen LogP contribution in [0.1, 0.15) is 48.5 Å². The first kappa shape index (κ1) is 17.5. The van der Waals surface area contributed by atoms with E-state index in [1.54, 1.807) is 29.2 Å². The maximum Gasteiger partial charge on any atom is 0.335 e. The van der Waals surface area contributed by atoms with Crippen LogP contribution in [0, 0.1) is 5.41 Å². The summed E-state index contributed by atoms with van der Waals surface area (Å²) in [6.07, 6.45) is 3.74. The van der Waals surface area contributed by atoms with Crippen molar-refractivity contribution < 1.29 is 19.4 Å². The number of benzene rings is 1. The third kappa shape index (κ3) is 4.10. The second kappa shape index (κ2) is 7.59. The van der Waals surface area contributed by atoms with Crippen molar-refractivity contribution in [2.45, 2.75) is 39.2 Å². The summed E-state index contributed by atoms with van der Waals surface area (Å²) in [5.74, 6) is -0.768. The third-order valence-electron chi connectivity index (χ3n) is 4.66. The van der Waals surface area contributed by atoms with Gasteiger partial charge >= 0.3 is 5.97 Å². The molecule has 1 aromatic carbocycles. The second-order valence-electron chi connectivity index (χ2n) is 6.24. The van der Waals surface area contributed by atoms with Gasteiger partial charge in [-0.2, -0.15) is 0 Å². The Morgan fingerprint density at radius 2 is 1.91 bits per heavy atom. The summed E-state index contributed by atoms with van der Waals surface area (Å²) >= 11 is 0. The normalized spacial score (nSPS) is 15.7. The van der Waals surface area contributed by atoms with Crippen LogP contribution in [0.4, 0.5) is 0 Å². The van der Waals surface area contributed by atoms with Crippen LogP contribution in [-0.4, -0.2) is 42.1 Å². The standard InChI is InChI=1S/C18H25NO4/c1-3-23-12-11-18(9-4-10-18)17(22)19(2)13-14-5-7-15(8-6-14)16(20)21/h5-8H,3-4,9-13H2,1-2H3,(H,20,21). The zero-order valence-electron chi connectivity index (χ0n) is 13.9. The van der Waals surface area contributed by atoms with Crippen molar-refractivity contribution in [3.63, 3.8) is 0 Å². The molecule has 0 saturated heterocycles. The lowest BCUT2D eigenvalue weighted by atomic mass is 9.66. The first-order chi connectivity index (χ1) is 11.0. The molecule has 1 aromatic rings. The van der Waals surface area contributed by atoms with E-state index in [1.807, 2.05) is 14.0 Å². The molecule has 0 aliphatic heterocycles. The molecule has 0 radical (unpaired) electrons. The predicted octanol–water partition coefficient (Wildman–Crippen LogP) is 2.94. The highest BCUT2D eigenvalue weighted by atomic mass is 16.5. The molecule has 0 aromatic heterocycles. The SMILES string of the molecule is CCOCCC1(C(=O)N(C)Cc2ccc(C(=O)O)cc2)CCC1. The zero-order chi connectivity index (χ0) is 16.9. The van der Waals surface area contributed by atoms with Gasteiger partial charge in [0.05, 0.1) is 11.0 Å². The van der Waals surface area contributed by atoms with Gasteiger partial charge in [0.15, 0.2) is 0 Å². The van der Waals surface area contributed by atoms with Crippen molar-refractivity contribution >= 4 is 11.9 Å². The van der Waals surface area contributed by atoms with Gasteiger partial charge in [-0.05, 0) is 43.9 Å². The van der Waals surface area contributed by atoms with Gasteiger partial charge in [0, 0.05) is 26.8 Å². The van der Waals surface area contributed by atoms with Gasteiger partial charge < -0.3 is 14.7 Å². The zero-order valence-corrected chi connectivity index (χ0v) is 13.9. The fourth-order valence-electron chi connectivity index (χ4n) is 3.09. The molecule has 0 heterocycles. The lowest BCUT2D eigenvalue weighted by Crippen LogP contribution is -2.46. The average molecular weight is 319 g/mol. The quantitative estimate of drug-likeness (QED) is 0.748. The van der Waals surface area contributed by atoms with Crippen LogP contribution >= 0.6 is 0 Å². The van der Waals surface area contributed by atoms with Crippen LogP contribution in [-0.2, 0) is 16.1 Å². The van der Waals surface area contributed by atoms with E-state index in [1.165, 1.54) is 0 Å². The highest BCUT2D eigenvalue weighted by molar-refractivity contribution is 5.87. The van der Waals surface area contributed by atoms with Gasteiger partial charge in [0.1, 0.15) is 0 Å². The number of aromatic carboxylic acids is 1. The molecule has 0 bridgehead atoms. The molecule has 0 spiro atoms. The Labute approximate surface area is 137 Å². The van der Waals surface area contributed by atoms with Crippen molar-refractivity contribution in [3.05, 3.63) is 35.4 Å². The molecule has 2 rings (SSSR count). The van der Waals surface area contributed by atoms with Gasteiger partial charge in [-0.1, -0.05) is 18.6 Å². The number of nitrogens with zero attached hydrogens (tertiary/aromatic N) is 1. The molecule has 0 atom stereocenters. The maximum atomic E-state index is 12.8. The molecule has 1 aliphatic rings. The van der Waals surface area contributed by atoms with Crippen molar-refractivity contribution in [3.8, 4) is 0 Å². The van der Waals surface area contributed by atoms with Crippen molar-refractivity contribution in [2.75, 3.05) is 20.3 Å². The molecule has 5 nitrogen and oxygen atoms in total. The van der Waals surface area contributed by atoms with Crippen LogP contribution in [0.2, 0.25) is 0 Å². The third-order valence-corrected chi connectivity index (χ3v) is 4.66. The topological polar surface area (TPSA) is 66.8 Å². The molecule has 1 aliphatic carbocycles. The Kier molecular flexibility index (Phi) is 5.77. The minimum Gasteiger partial charge on any atom is -0.478 e. The number of rotatable bonds is 8. The summed E-state index contributed by atoms with van der Waals surface area (Å²) in [4.78, 5) is 25.4.